The van der Waals surface area contributed by atoms with Crippen LogP contribution in [0.1, 0.15) is 37.8 Å². The maximum Gasteiger partial charge on any atom is 0.185 e. The number of hydrogen-bond donors (Lipinski definition) is 1. The molecule has 1 N–H and O–H groups in total. The third-order valence-corrected chi connectivity index (χ3v) is 4.78. The number of aromatic nitrogens is 1. The highest BCUT2D eigenvalue weighted by Crippen LogP contribution is 2.27. The Morgan fingerprint density at radius 1 is 1.14 bits per heavy atom. The van der Waals surface area contributed by atoms with Crippen LogP contribution < -0.4 is 4.90 Å². The molecule has 0 fully saturated rings. The standard InChI is InChI=1S/C15H29N3O2S/c1-5-17(6-2)9-8-10-18(7-3)15-16-13(12-20-4)14(11-19)21-15/h19H,5-12H2,1-4H3. The highest BCUT2D eigenvalue weighted by atomic mass is 32.1. The zero-order chi connectivity index (χ0) is 15.7. The Kier molecular flexibility index (Phi) is 8.84. The minimum Gasteiger partial charge on any atom is -0.391 e. The molecule has 0 aliphatic rings. The molecule has 5 nitrogen and oxygen atoms in total. The smallest absolute Gasteiger partial charge is 0.185 e. The summed E-state index contributed by atoms with van der Waals surface area (Å²) < 4.78 is 5.15. The van der Waals surface area contributed by atoms with E-state index in [1.165, 1.54) is 0 Å². The molecule has 0 aromatic carbocycles. The van der Waals surface area contributed by atoms with Gasteiger partial charge >= 0.3 is 0 Å². The van der Waals surface area contributed by atoms with Gasteiger partial charge in [-0.2, -0.15) is 0 Å². The maximum atomic E-state index is 9.42. The van der Waals surface area contributed by atoms with Gasteiger partial charge in [-0.3, -0.25) is 0 Å². The lowest BCUT2D eigenvalue weighted by atomic mass is 10.3. The van der Waals surface area contributed by atoms with Gasteiger partial charge in [-0.25, -0.2) is 4.98 Å². The summed E-state index contributed by atoms with van der Waals surface area (Å²) in [5.74, 6) is 0. The van der Waals surface area contributed by atoms with Gasteiger partial charge in [0.1, 0.15) is 0 Å². The summed E-state index contributed by atoms with van der Waals surface area (Å²) in [5.41, 5.74) is 0.863. The number of nitrogens with zero attached hydrogens (tertiary/aromatic N) is 3. The van der Waals surface area contributed by atoms with Crippen LogP contribution >= 0.6 is 11.3 Å². The van der Waals surface area contributed by atoms with Crippen LogP contribution in [0.15, 0.2) is 0 Å². The molecule has 6 heteroatoms. The van der Waals surface area contributed by atoms with Crippen LogP contribution in [0.4, 0.5) is 5.13 Å². The van der Waals surface area contributed by atoms with Crippen molar-refractivity contribution >= 4 is 16.5 Å². The summed E-state index contributed by atoms with van der Waals surface area (Å²) in [6.45, 7) is 12.3. The van der Waals surface area contributed by atoms with Gasteiger partial charge in [-0.15, -0.1) is 0 Å². The van der Waals surface area contributed by atoms with E-state index in [-0.39, 0.29) is 6.61 Å². The van der Waals surface area contributed by atoms with Crippen molar-refractivity contribution in [3.8, 4) is 0 Å². The Hall–Kier alpha value is -0.690. The SMILES string of the molecule is CCN(CC)CCCN(CC)c1nc(COC)c(CO)s1. The Balaban J connectivity index is 2.62. The number of rotatable bonds is 11. The Morgan fingerprint density at radius 2 is 1.86 bits per heavy atom. The molecule has 0 amide bonds. The molecule has 1 aromatic rings. The maximum absolute atomic E-state index is 9.42. The average Bonchev–Trinajstić information content (AvgIpc) is 2.91. The first kappa shape index (κ1) is 18.4. The van der Waals surface area contributed by atoms with Gasteiger partial charge < -0.3 is 19.6 Å². The second-order valence-corrected chi connectivity index (χ2v) is 5.98. The first-order chi connectivity index (χ1) is 10.2. The van der Waals surface area contributed by atoms with Crippen molar-refractivity contribution in [2.45, 2.75) is 40.4 Å². The quantitative estimate of drug-likeness (QED) is 0.679. The van der Waals surface area contributed by atoms with Crippen molar-refractivity contribution in [1.29, 1.82) is 0 Å². The van der Waals surface area contributed by atoms with Crippen LogP contribution in [-0.2, 0) is 18.0 Å². The minimum atomic E-state index is 0.0351. The number of thiazole rings is 1. The lowest BCUT2D eigenvalue weighted by Crippen LogP contribution is -2.29. The van der Waals surface area contributed by atoms with Gasteiger partial charge in [0.25, 0.3) is 0 Å². The molecule has 0 bridgehead atoms. The molecular weight excluding hydrogens is 286 g/mol. The van der Waals surface area contributed by atoms with Crippen LogP contribution in [0.3, 0.4) is 0 Å². The van der Waals surface area contributed by atoms with Crippen molar-refractivity contribution in [1.82, 2.24) is 9.88 Å². The van der Waals surface area contributed by atoms with E-state index >= 15 is 0 Å². The first-order valence-electron chi connectivity index (χ1n) is 7.75. The fraction of sp³-hybridized carbons (Fsp3) is 0.800. The van der Waals surface area contributed by atoms with Gasteiger partial charge in [-0.1, -0.05) is 25.2 Å². The molecule has 0 unspecified atom stereocenters. The zero-order valence-corrected chi connectivity index (χ0v) is 14.6. The molecule has 1 heterocycles. The molecule has 1 aromatic heterocycles. The third-order valence-electron chi connectivity index (χ3n) is 3.64. The first-order valence-corrected chi connectivity index (χ1v) is 8.57. The van der Waals surface area contributed by atoms with E-state index in [0.717, 1.165) is 54.8 Å². The van der Waals surface area contributed by atoms with Crippen LogP contribution in [0.25, 0.3) is 0 Å². The number of aliphatic hydroxyl groups excluding tert-OH is 1. The molecule has 122 valence electrons. The minimum absolute atomic E-state index is 0.0351. The zero-order valence-electron chi connectivity index (χ0n) is 13.8. The van der Waals surface area contributed by atoms with E-state index in [0.29, 0.717) is 6.61 Å². The van der Waals surface area contributed by atoms with Crippen LogP contribution in [0.5, 0.6) is 0 Å². The summed E-state index contributed by atoms with van der Waals surface area (Å²) in [5, 5.41) is 10.4. The summed E-state index contributed by atoms with van der Waals surface area (Å²) in [6.07, 6.45) is 1.13. The van der Waals surface area contributed by atoms with Gasteiger partial charge in [0, 0.05) is 20.2 Å². The molecule has 21 heavy (non-hydrogen) atoms. The third kappa shape index (κ3) is 5.54. The van der Waals surface area contributed by atoms with Crippen molar-refractivity contribution < 1.29 is 9.84 Å². The molecule has 0 spiro atoms. The van der Waals surface area contributed by atoms with E-state index in [2.05, 4.69) is 35.6 Å². The molecule has 0 saturated heterocycles. The number of ether oxygens (including phenoxy) is 1. The summed E-state index contributed by atoms with van der Waals surface area (Å²) in [7, 11) is 1.65. The molecule has 0 atom stereocenters. The largest absolute Gasteiger partial charge is 0.391 e. The topological polar surface area (TPSA) is 48.8 Å². The van der Waals surface area contributed by atoms with Gasteiger partial charge in [-0.05, 0) is 33.0 Å². The monoisotopic (exact) mass is 315 g/mol. The van der Waals surface area contributed by atoms with Crippen LogP contribution in [0.2, 0.25) is 0 Å². The summed E-state index contributed by atoms with van der Waals surface area (Å²) in [6, 6.07) is 0. The van der Waals surface area contributed by atoms with Crippen molar-refractivity contribution in [3.05, 3.63) is 10.6 Å². The lowest BCUT2D eigenvalue weighted by molar-refractivity contribution is 0.179. The Morgan fingerprint density at radius 3 is 2.38 bits per heavy atom. The predicted octanol–water partition coefficient (Wildman–Crippen LogP) is 2.34. The van der Waals surface area contributed by atoms with Gasteiger partial charge in [0.05, 0.1) is 23.8 Å². The van der Waals surface area contributed by atoms with Crippen LogP contribution in [0, 0.1) is 0 Å². The molecular formula is C15H29N3O2S. The average molecular weight is 315 g/mol. The summed E-state index contributed by atoms with van der Waals surface area (Å²) >= 11 is 1.57. The fourth-order valence-electron chi connectivity index (χ4n) is 2.29. The molecule has 0 aliphatic heterocycles. The Bertz CT molecular complexity index is 394. The van der Waals surface area contributed by atoms with E-state index in [1.807, 2.05) is 0 Å². The van der Waals surface area contributed by atoms with Gasteiger partial charge in [0.2, 0.25) is 0 Å². The lowest BCUT2D eigenvalue weighted by Gasteiger charge is -2.23. The second-order valence-electron chi connectivity index (χ2n) is 4.92. The van der Waals surface area contributed by atoms with Crippen LogP contribution in [-0.4, -0.2) is 54.8 Å². The Labute approximate surface area is 132 Å². The summed E-state index contributed by atoms with van der Waals surface area (Å²) in [4.78, 5) is 10.3. The van der Waals surface area contributed by atoms with E-state index in [4.69, 9.17) is 4.74 Å². The van der Waals surface area contributed by atoms with Crippen molar-refractivity contribution in [3.63, 3.8) is 0 Å². The van der Waals surface area contributed by atoms with Crippen molar-refractivity contribution in [2.75, 3.05) is 44.7 Å². The number of hydrogen-bond acceptors (Lipinski definition) is 6. The number of methoxy groups -OCH3 is 1. The van der Waals surface area contributed by atoms with E-state index < -0.39 is 0 Å². The molecule has 0 radical (unpaired) electrons. The second kappa shape index (κ2) is 10.1. The number of aliphatic hydroxyl groups is 1. The predicted molar refractivity (Wildman–Crippen MR) is 89.0 cm³/mol. The molecule has 1 rings (SSSR count). The normalized spacial score (nSPS) is 11.3. The van der Waals surface area contributed by atoms with E-state index in [9.17, 15) is 5.11 Å². The highest BCUT2D eigenvalue weighted by Gasteiger charge is 2.15. The van der Waals surface area contributed by atoms with Crippen molar-refractivity contribution in [2.24, 2.45) is 0 Å². The molecule has 0 aliphatic carbocycles. The van der Waals surface area contributed by atoms with E-state index in [1.54, 1.807) is 18.4 Å². The van der Waals surface area contributed by atoms with Gasteiger partial charge in [0.15, 0.2) is 5.13 Å². The highest BCUT2D eigenvalue weighted by molar-refractivity contribution is 7.15. The molecule has 0 saturated carbocycles. The number of anilines is 1. The fourth-order valence-corrected chi connectivity index (χ4v) is 3.30.